The zero-order valence-electron chi connectivity index (χ0n) is 17.3. The van der Waals surface area contributed by atoms with E-state index in [-0.39, 0.29) is 48.3 Å². The quantitative estimate of drug-likeness (QED) is 0.226. The van der Waals surface area contributed by atoms with Crippen molar-refractivity contribution < 1.29 is 18.6 Å². The van der Waals surface area contributed by atoms with Crippen LogP contribution in [0.4, 0.5) is 4.39 Å². The van der Waals surface area contributed by atoms with E-state index in [4.69, 9.17) is 20.6 Å². The van der Waals surface area contributed by atoms with Crippen LogP contribution in [0.15, 0.2) is 47.5 Å². The molecule has 0 saturated carbocycles. The summed E-state index contributed by atoms with van der Waals surface area (Å²) in [4.78, 5) is 4.19. The number of halogens is 2. The molecular weight excluding hydrogens is 500 g/mol. The average molecular weight is 527 g/mol. The summed E-state index contributed by atoms with van der Waals surface area (Å²) in [6.45, 7) is 2.98. The van der Waals surface area contributed by atoms with Crippen LogP contribution in [0.25, 0.3) is 0 Å². The minimum Gasteiger partial charge on any atom is -0.493 e. The van der Waals surface area contributed by atoms with Crippen molar-refractivity contribution in [2.24, 2.45) is 4.99 Å². The Morgan fingerprint density at radius 1 is 1.17 bits per heavy atom. The fourth-order valence-corrected chi connectivity index (χ4v) is 2.51. The van der Waals surface area contributed by atoms with Gasteiger partial charge in [0.05, 0.1) is 13.7 Å². The van der Waals surface area contributed by atoms with Crippen LogP contribution in [0.1, 0.15) is 12.5 Å². The van der Waals surface area contributed by atoms with Crippen molar-refractivity contribution in [1.82, 2.24) is 10.6 Å². The summed E-state index contributed by atoms with van der Waals surface area (Å²) in [5.74, 6) is 4.07. The van der Waals surface area contributed by atoms with E-state index in [0.717, 1.165) is 5.56 Å². The second-order valence-electron chi connectivity index (χ2n) is 6.14. The van der Waals surface area contributed by atoms with Gasteiger partial charge in [0.2, 0.25) is 0 Å². The number of guanidine groups is 1. The van der Waals surface area contributed by atoms with Gasteiger partial charge in [-0.05, 0) is 36.8 Å². The Morgan fingerprint density at radius 3 is 2.60 bits per heavy atom. The lowest BCUT2D eigenvalue weighted by Gasteiger charge is -2.18. The maximum atomic E-state index is 13.7. The van der Waals surface area contributed by atoms with Gasteiger partial charge in [-0.15, -0.1) is 30.4 Å². The molecule has 30 heavy (non-hydrogen) atoms. The van der Waals surface area contributed by atoms with Crippen LogP contribution in [0.5, 0.6) is 17.2 Å². The highest BCUT2D eigenvalue weighted by Gasteiger charge is 2.10. The molecule has 2 aromatic carbocycles. The van der Waals surface area contributed by atoms with Crippen molar-refractivity contribution in [3.05, 3.63) is 53.8 Å². The molecule has 0 aliphatic carbocycles. The number of ether oxygens (including phenoxy) is 3. The van der Waals surface area contributed by atoms with E-state index in [1.807, 2.05) is 25.1 Å². The average Bonchev–Trinajstić information content (AvgIpc) is 2.74. The summed E-state index contributed by atoms with van der Waals surface area (Å²) < 4.78 is 30.1. The predicted molar refractivity (Wildman–Crippen MR) is 127 cm³/mol. The molecule has 2 rings (SSSR count). The van der Waals surface area contributed by atoms with E-state index in [1.54, 1.807) is 32.4 Å². The summed E-state index contributed by atoms with van der Waals surface area (Å²) in [7, 11) is 3.25. The smallest absolute Gasteiger partial charge is 0.191 e. The maximum absolute atomic E-state index is 13.7. The SMILES string of the molecule is C#CCOc1cc(CNC(=NC)NCC(C)Oc2ccccc2F)ccc1OC.I. The first kappa shape index (κ1) is 25.4. The first-order valence-corrected chi connectivity index (χ1v) is 9.16. The Bertz CT molecular complexity index is 871. The van der Waals surface area contributed by atoms with Crippen molar-refractivity contribution in [3.8, 4) is 29.6 Å². The molecule has 0 aromatic heterocycles. The molecule has 0 radical (unpaired) electrons. The van der Waals surface area contributed by atoms with Crippen molar-refractivity contribution in [1.29, 1.82) is 0 Å². The van der Waals surface area contributed by atoms with Crippen LogP contribution in [0, 0.1) is 18.2 Å². The van der Waals surface area contributed by atoms with Gasteiger partial charge < -0.3 is 24.8 Å². The Hall–Kier alpha value is -2.67. The molecule has 0 aliphatic rings. The van der Waals surface area contributed by atoms with Gasteiger partial charge in [0, 0.05) is 13.6 Å². The molecule has 8 heteroatoms. The second-order valence-corrected chi connectivity index (χ2v) is 6.14. The monoisotopic (exact) mass is 527 g/mol. The van der Waals surface area contributed by atoms with Gasteiger partial charge in [-0.25, -0.2) is 4.39 Å². The molecular formula is C22H27FIN3O3. The van der Waals surface area contributed by atoms with Gasteiger partial charge in [0.1, 0.15) is 12.7 Å². The van der Waals surface area contributed by atoms with Crippen LogP contribution < -0.4 is 24.8 Å². The topological polar surface area (TPSA) is 64.1 Å². The van der Waals surface area contributed by atoms with E-state index >= 15 is 0 Å². The van der Waals surface area contributed by atoms with E-state index < -0.39 is 0 Å². The van der Waals surface area contributed by atoms with E-state index in [2.05, 4.69) is 21.5 Å². The summed E-state index contributed by atoms with van der Waals surface area (Å²) >= 11 is 0. The first-order chi connectivity index (χ1) is 14.1. The lowest BCUT2D eigenvalue weighted by molar-refractivity contribution is 0.214. The molecule has 1 atom stereocenters. The van der Waals surface area contributed by atoms with E-state index in [9.17, 15) is 4.39 Å². The van der Waals surface area contributed by atoms with Crippen molar-refractivity contribution >= 4 is 29.9 Å². The molecule has 162 valence electrons. The van der Waals surface area contributed by atoms with Gasteiger partial charge >= 0.3 is 0 Å². The standard InChI is InChI=1S/C22H26FN3O3.HI/c1-5-12-28-21-13-17(10-11-20(21)27-4)15-26-22(24-3)25-14-16(2)29-19-9-7-6-8-18(19)23;/h1,6-11,13,16H,12,14-15H2,2-4H3,(H2,24,25,26);1H. The van der Waals surface area contributed by atoms with Gasteiger partial charge in [-0.3, -0.25) is 4.99 Å². The molecule has 0 amide bonds. The summed E-state index contributed by atoms with van der Waals surface area (Å²) in [5.41, 5.74) is 0.969. The minimum atomic E-state index is -0.385. The predicted octanol–water partition coefficient (Wildman–Crippen LogP) is 3.60. The van der Waals surface area contributed by atoms with Crippen molar-refractivity contribution in [2.75, 3.05) is 27.3 Å². The zero-order valence-corrected chi connectivity index (χ0v) is 19.6. The highest BCUT2D eigenvalue weighted by Crippen LogP contribution is 2.28. The van der Waals surface area contributed by atoms with Crippen molar-refractivity contribution in [2.45, 2.75) is 19.6 Å². The lowest BCUT2D eigenvalue weighted by Crippen LogP contribution is -2.41. The molecule has 2 aromatic rings. The number of rotatable bonds is 9. The molecule has 0 saturated heterocycles. The maximum Gasteiger partial charge on any atom is 0.191 e. The number of terminal acetylenes is 1. The molecule has 0 heterocycles. The number of hydrogen-bond donors (Lipinski definition) is 2. The largest absolute Gasteiger partial charge is 0.493 e. The Labute approximate surface area is 194 Å². The molecule has 0 bridgehead atoms. The van der Waals surface area contributed by atoms with Crippen LogP contribution in [-0.2, 0) is 6.54 Å². The first-order valence-electron chi connectivity index (χ1n) is 9.16. The molecule has 0 aliphatic heterocycles. The normalized spacial score (nSPS) is 11.5. The summed E-state index contributed by atoms with van der Waals surface area (Å²) in [6, 6.07) is 11.9. The Kier molecular flexibility index (Phi) is 11.4. The van der Waals surface area contributed by atoms with Gasteiger partial charge in [-0.1, -0.05) is 24.1 Å². The fraction of sp³-hybridized carbons (Fsp3) is 0.318. The summed E-state index contributed by atoms with van der Waals surface area (Å²) in [6.07, 6.45) is 5.00. The molecule has 2 N–H and O–H groups in total. The van der Waals surface area contributed by atoms with E-state index in [0.29, 0.717) is 30.5 Å². The van der Waals surface area contributed by atoms with Crippen LogP contribution in [0.2, 0.25) is 0 Å². The van der Waals surface area contributed by atoms with Gasteiger partial charge in [-0.2, -0.15) is 0 Å². The van der Waals surface area contributed by atoms with Gasteiger partial charge in [0.15, 0.2) is 29.0 Å². The number of benzene rings is 2. The number of nitrogens with one attached hydrogen (secondary N) is 2. The third kappa shape index (κ3) is 7.99. The number of aliphatic imine (C=N–C) groups is 1. The van der Waals surface area contributed by atoms with Crippen molar-refractivity contribution in [3.63, 3.8) is 0 Å². The third-order valence-corrected chi connectivity index (χ3v) is 3.94. The Morgan fingerprint density at radius 2 is 1.93 bits per heavy atom. The molecule has 1 unspecified atom stereocenters. The van der Waals surface area contributed by atoms with Crippen LogP contribution >= 0.6 is 24.0 Å². The molecule has 6 nitrogen and oxygen atoms in total. The van der Waals surface area contributed by atoms with E-state index in [1.165, 1.54) is 6.07 Å². The number of nitrogens with zero attached hydrogens (tertiary/aromatic N) is 1. The minimum absolute atomic E-state index is 0. The number of para-hydroxylation sites is 1. The highest BCUT2D eigenvalue weighted by molar-refractivity contribution is 14.0. The number of hydrogen-bond acceptors (Lipinski definition) is 4. The molecule has 0 spiro atoms. The summed E-state index contributed by atoms with van der Waals surface area (Å²) in [5, 5.41) is 6.37. The fourth-order valence-electron chi connectivity index (χ4n) is 2.51. The second kappa shape index (κ2) is 13.5. The third-order valence-electron chi connectivity index (χ3n) is 3.94. The Balaban J connectivity index is 0.00000450. The van der Waals surface area contributed by atoms with Gasteiger partial charge in [0.25, 0.3) is 0 Å². The lowest BCUT2D eigenvalue weighted by atomic mass is 10.2. The van der Waals surface area contributed by atoms with Crippen LogP contribution in [0.3, 0.4) is 0 Å². The molecule has 0 fully saturated rings. The highest BCUT2D eigenvalue weighted by atomic mass is 127. The van der Waals surface area contributed by atoms with Crippen LogP contribution in [-0.4, -0.2) is 39.4 Å². The zero-order chi connectivity index (χ0) is 21.1. The number of methoxy groups -OCH3 is 1.